The van der Waals surface area contributed by atoms with Crippen LogP contribution in [0.5, 0.6) is 0 Å². The third kappa shape index (κ3) is 2.96. The van der Waals surface area contributed by atoms with Gasteiger partial charge in [0.1, 0.15) is 6.61 Å². The Kier molecular flexibility index (Phi) is 2.97. The molecule has 0 spiro atoms. The van der Waals surface area contributed by atoms with E-state index < -0.39 is 24.1 Å². The van der Waals surface area contributed by atoms with Crippen LogP contribution in [0, 0.1) is 0 Å². The molecule has 0 aromatic rings. The second-order valence-corrected chi connectivity index (χ2v) is 2.14. The van der Waals surface area contributed by atoms with Gasteiger partial charge in [0.25, 0.3) is 5.91 Å². The SMILES string of the molecule is CC(O)(NC(=O)CO)C(N)=O. The van der Waals surface area contributed by atoms with Crippen molar-refractivity contribution in [3.63, 3.8) is 0 Å². The van der Waals surface area contributed by atoms with Gasteiger partial charge in [0.15, 0.2) is 0 Å². The molecule has 0 rings (SSSR count). The zero-order valence-corrected chi connectivity index (χ0v) is 6.00. The summed E-state index contributed by atoms with van der Waals surface area (Å²) in [7, 11) is 0. The number of aliphatic hydroxyl groups is 2. The lowest BCUT2D eigenvalue weighted by Crippen LogP contribution is -2.55. The molecule has 0 aromatic heterocycles. The lowest BCUT2D eigenvalue weighted by Gasteiger charge is -2.19. The number of aliphatic hydroxyl groups excluding tert-OH is 1. The van der Waals surface area contributed by atoms with Crippen LogP contribution >= 0.6 is 0 Å². The fourth-order valence-electron chi connectivity index (χ4n) is 0.373. The smallest absolute Gasteiger partial charge is 0.270 e. The van der Waals surface area contributed by atoms with Gasteiger partial charge < -0.3 is 21.3 Å². The van der Waals surface area contributed by atoms with Crippen molar-refractivity contribution < 1.29 is 19.8 Å². The summed E-state index contributed by atoms with van der Waals surface area (Å²) in [5.74, 6) is -1.95. The Morgan fingerprint density at radius 2 is 2.09 bits per heavy atom. The molecule has 0 aromatic carbocycles. The first-order valence-corrected chi connectivity index (χ1v) is 2.84. The van der Waals surface area contributed by atoms with E-state index in [4.69, 9.17) is 10.2 Å². The Labute approximate surface area is 63.0 Å². The molecule has 0 saturated carbocycles. The van der Waals surface area contributed by atoms with Crippen LogP contribution in [0.25, 0.3) is 0 Å². The normalized spacial score (nSPS) is 15.2. The van der Waals surface area contributed by atoms with Crippen LogP contribution in [0.4, 0.5) is 0 Å². The minimum absolute atomic E-state index is 0.802. The zero-order chi connectivity index (χ0) is 9.07. The van der Waals surface area contributed by atoms with Crippen LogP contribution in [0.2, 0.25) is 0 Å². The predicted octanol–water partition coefficient (Wildman–Crippen LogP) is -2.71. The average Bonchev–Trinajstić information content (AvgIpc) is 1.86. The van der Waals surface area contributed by atoms with E-state index in [0.717, 1.165) is 6.92 Å². The van der Waals surface area contributed by atoms with Gasteiger partial charge in [-0.25, -0.2) is 0 Å². The average molecular weight is 162 g/mol. The molecular formula is C5H10N2O4. The highest BCUT2D eigenvalue weighted by atomic mass is 16.3. The van der Waals surface area contributed by atoms with E-state index in [9.17, 15) is 9.59 Å². The van der Waals surface area contributed by atoms with Gasteiger partial charge in [-0.15, -0.1) is 0 Å². The lowest BCUT2D eigenvalue weighted by molar-refractivity contribution is -0.145. The summed E-state index contributed by atoms with van der Waals surface area (Å²) in [6, 6.07) is 0. The van der Waals surface area contributed by atoms with Crippen LogP contribution in [0.1, 0.15) is 6.92 Å². The Morgan fingerprint density at radius 3 is 2.36 bits per heavy atom. The maximum Gasteiger partial charge on any atom is 0.270 e. The van der Waals surface area contributed by atoms with Crippen LogP contribution in [0.3, 0.4) is 0 Å². The van der Waals surface area contributed by atoms with Gasteiger partial charge in [-0.2, -0.15) is 0 Å². The lowest BCUT2D eigenvalue weighted by atomic mass is 10.2. The van der Waals surface area contributed by atoms with Crippen molar-refractivity contribution in [2.75, 3.05) is 6.61 Å². The molecule has 2 amide bonds. The zero-order valence-electron chi connectivity index (χ0n) is 6.00. The molecular weight excluding hydrogens is 152 g/mol. The van der Waals surface area contributed by atoms with Gasteiger partial charge >= 0.3 is 0 Å². The van der Waals surface area contributed by atoms with Gasteiger partial charge in [0.2, 0.25) is 11.6 Å². The Morgan fingerprint density at radius 1 is 1.64 bits per heavy atom. The number of rotatable bonds is 3. The molecule has 1 atom stereocenters. The van der Waals surface area contributed by atoms with Crippen LogP contribution in [-0.4, -0.2) is 34.4 Å². The number of nitrogens with one attached hydrogen (secondary N) is 1. The molecule has 0 aliphatic rings. The van der Waals surface area contributed by atoms with Gasteiger partial charge in [-0.3, -0.25) is 9.59 Å². The van der Waals surface area contributed by atoms with Gasteiger partial charge in [0, 0.05) is 0 Å². The van der Waals surface area contributed by atoms with E-state index in [-0.39, 0.29) is 0 Å². The van der Waals surface area contributed by atoms with Gasteiger partial charge in [-0.05, 0) is 6.92 Å². The molecule has 64 valence electrons. The molecule has 6 nitrogen and oxygen atoms in total. The largest absolute Gasteiger partial charge is 0.387 e. The van der Waals surface area contributed by atoms with E-state index in [1.54, 1.807) is 5.32 Å². The molecule has 0 aliphatic heterocycles. The van der Waals surface area contributed by atoms with Crippen molar-refractivity contribution in [1.82, 2.24) is 5.32 Å². The fourth-order valence-corrected chi connectivity index (χ4v) is 0.373. The summed E-state index contributed by atoms with van der Waals surface area (Å²) in [6.45, 7) is 0.215. The van der Waals surface area contributed by atoms with Crippen molar-refractivity contribution >= 4 is 11.8 Å². The maximum absolute atomic E-state index is 10.4. The Balaban J connectivity index is 4.12. The third-order valence-corrected chi connectivity index (χ3v) is 1.01. The van der Waals surface area contributed by atoms with Crippen molar-refractivity contribution in [3.8, 4) is 0 Å². The first-order chi connectivity index (χ1) is 4.90. The second kappa shape index (κ2) is 3.31. The van der Waals surface area contributed by atoms with E-state index in [2.05, 4.69) is 5.73 Å². The van der Waals surface area contributed by atoms with Crippen molar-refractivity contribution in [1.29, 1.82) is 0 Å². The number of hydrogen-bond acceptors (Lipinski definition) is 4. The molecule has 0 saturated heterocycles. The quantitative estimate of drug-likeness (QED) is 0.338. The van der Waals surface area contributed by atoms with Gasteiger partial charge in [-0.1, -0.05) is 0 Å². The molecule has 0 fully saturated rings. The monoisotopic (exact) mass is 162 g/mol. The van der Waals surface area contributed by atoms with E-state index in [0.29, 0.717) is 0 Å². The van der Waals surface area contributed by atoms with Crippen LogP contribution in [0.15, 0.2) is 0 Å². The molecule has 11 heavy (non-hydrogen) atoms. The minimum atomic E-state index is -2.10. The highest BCUT2D eigenvalue weighted by Crippen LogP contribution is 1.94. The summed E-state index contributed by atoms with van der Waals surface area (Å²) in [6.07, 6.45) is 0. The number of primary amides is 1. The van der Waals surface area contributed by atoms with E-state index in [1.165, 1.54) is 0 Å². The maximum atomic E-state index is 10.4. The van der Waals surface area contributed by atoms with Crippen molar-refractivity contribution in [2.45, 2.75) is 12.6 Å². The molecule has 0 aliphatic carbocycles. The molecule has 6 heteroatoms. The van der Waals surface area contributed by atoms with E-state index >= 15 is 0 Å². The highest BCUT2D eigenvalue weighted by Gasteiger charge is 2.28. The molecule has 0 heterocycles. The van der Waals surface area contributed by atoms with Crippen molar-refractivity contribution in [2.24, 2.45) is 5.73 Å². The summed E-state index contributed by atoms with van der Waals surface area (Å²) >= 11 is 0. The minimum Gasteiger partial charge on any atom is -0.387 e. The molecule has 0 radical (unpaired) electrons. The number of nitrogens with two attached hydrogens (primary N) is 1. The summed E-state index contributed by atoms with van der Waals surface area (Å²) in [5.41, 5.74) is 2.59. The fraction of sp³-hybridized carbons (Fsp3) is 0.600. The van der Waals surface area contributed by atoms with Gasteiger partial charge in [0.05, 0.1) is 0 Å². The number of amides is 2. The second-order valence-electron chi connectivity index (χ2n) is 2.14. The summed E-state index contributed by atoms with van der Waals surface area (Å²) in [4.78, 5) is 20.8. The topological polar surface area (TPSA) is 113 Å². The summed E-state index contributed by atoms with van der Waals surface area (Å²) in [5, 5.41) is 19.0. The summed E-state index contributed by atoms with van der Waals surface area (Å²) < 4.78 is 0. The highest BCUT2D eigenvalue weighted by molar-refractivity contribution is 5.88. The Bertz CT molecular complexity index is 177. The standard InChI is InChI=1S/C5H10N2O4/c1-5(11,4(6)10)7-3(9)2-8/h8,11H,2H2,1H3,(H2,6,10)(H,7,9). The number of carbonyl (C=O) groups is 2. The first-order valence-electron chi connectivity index (χ1n) is 2.84. The first kappa shape index (κ1) is 9.86. The molecule has 1 unspecified atom stereocenters. The van der Waals surface area contributed by atoms with E-state index in [1.807, 2.05) is 0 Å². The molecule has 5 N–H and O–H groups in total. The number of carbonyl (C=O) groups excluding carboxylic acids is 2. The van der Waals surface area contributed by atoms with Crippen LogP contribution in [-0.2, 0) is 9.59 Å². The van der Waals surface area contributed by atoms with Crippen LogP contribution < -0.4 is 11.1 Å². The van der Waals surface area contributed by atoms with Crippen molar-refractivity contribution in [3.05, 3.63) is 0 Å². The molecule has 0 bridgehead atoms. The third-order valence-electron chi connectivity index (χ3n) is 1.01. The number of hydrogen-bond donors (Lipinski definition) is 4. The predicted molar refractivity (Wildman–Crippen MR) is 35.0 cm³/mol. The Hall–Kier alpha value is -1.14.